The summed E-state index contributed by atoms with van der Waals surface area (Å²) in [5, 5.41) is 10.4. The maximum absolute atomic E-state index is 15.2. The molecule has 1 N–H and O–H groups in total. The largest absolute Gasteiger partial charge is 0.513 e. The van der Waals surface area contributed by atoms with E-state index in [9.17, 15) is 9.90 Å². The molecule has 8 heteroatoms. The van der Waals surface area contributed by atoms with E-state index >= 15 is 4.39 Å². The van der Waals surface area contributed by atoms with E-state index in [1.807, 2.05) is 27.7 Å². The van der Waals surface area contributed by atoms with Crippen molar-refractivity contribution in [1.82, 2.24) is 0 Å². The molecule has 1 aliphatic heterocycles. The van der Waals surface area contributed by atoms with Crippen LogP contribution in [0.4, 0.5) is 4.39 Å². The lowest BCUT2D eigenvalue weighted by molar-refractivity contribution is -0.142. The van der Waals surface area contributed by atoms with Gasteiger partial charge in [0, 0.05) is 17.5 Å². The molecule has 1 aromatic carbocycles. The number of halogens is 1. The van der Waals surface area contributed by atoms with Gasteiger partial charge in [0.15, 0.2) is 0 Å². The van der Waals surface area contributed by atoms with Gasteiger partial charge in [-0.25, -0.2) is 4.39 Å². The van der Waals surface area contributed by atoms with Crippen molar-refractivity contribution >= 4 is 13.1 Å². The highest BCUT2D eigenvalue weighted by Crippen LogP contribution is 2.39. The van der Waals surface area contributed by atoms with E-state index in [1.165, 1.54) is 6.08 Å². The number of hydrogen-bond acceptors (Lipinski definition) is 6. The molecule has 0 unspecified atom stereocenters. The summed E-state index contributed by atoms with van der Waals surface area (Å²) in [6, 6.07) is 6.93. The molecule has 1 aliphatic rings. The van der Waals surface area contributed by atoms with Crippen LogP contribution in [0.25, 0.3) is 0 Å². The zero-order valence-electron chi connectivity index (χ0n) is 20.0. The Bertz CT molecular complexity index is 861. The minimum Gasteiger partial charge on any atom is -0.513 e. The first-order valence-corrected chi connectivity index (χ1v) is 11.0. The van der Waals surface area contributed by atoms with Gasteiger partial charge in [0.25, 0.3) is 0 Å². The molecule has 1 aromatic rings. The molecule has 1 heterocycles. The summed E-state index contributed by atoms with van der Waals surface area (Å²) in [5.74, 6) is -0.627. The van der Waals surface area contributed by atoms with Crippen LogP contribution in [0.2, 0.25) is 0 Å². The Morgan fingerprint density at radius 1 is 1.19 bits per heavy atom. The lowest BCUT2D eigenvalue weighted by atomic mass is 9.76. The highest BCUT2D eigenvalue weighted by molar-refractivity contribution is 6.55. The summed E-state index contributed by atoms with van der Waals surface area (Å²) in [6.07, 6.45) is 0.554. The first-order valence-electron chi connectivity index (χ1n) is 11.0. The van der Waals surface area contributed by atoms with Gasteiger partial charge < -0.3 is 23.9 Å². The van der Waals surface area contributed by atoms with Crippen LogP contribution in [0, 0.1) is 0 Å². The number of aliphatic hydroxyl groups excluding tert-OH is 1. The van der Waals surface area contributed by atoms with Gasteiger partial charge >= 0.3 is 13.1 Å². The number of hydrogen-bond donors (Lipinski definition) is 1. The summed E-state index contributed by atoms with van der Waals surface area (Å²) < 4.78 is 38.0. The van der Waals surface area contributed by atoms with Gasteiger partial charge in [0.05, 0.1) is 30.0 Å². The zero-order chi connectivity index (χ0) is 24.1. The molecule has 1 saturated heterocycles. The van der Waals surface area contributed by atoms with Crippen molar-refractivity contribution in [2.24, 2.45) is 0 Å². The second kappa shape index (κ2) is 10.5. The van der Waals surface area contributed by atoms with Gasteiger partial charge in [-0.2, -0.15) is 0 Å². The second-order valence-corrected chi connectivity index (χ2v) is 8.72. The maximum Gasteiger partial charge on any atom is 0.498 e. The number of carbonyl (C=O) groups is 1. The predicted molar refractivity (Wildman–Crippen MR) is 122 cm³/mol. The van der Waals surface area contributed by atoms with Crippen molar-refractivity contribution in [2.75, 3.05) is 6.61 Å². The molecule has 176 valence electrons. The van der Waals surface area contributed by atoms with Crippen LogP contribution in [0.3, 0.4) is 0 Å². The highest BCUT2D eigenvalue weighted by Gasteiger charge is 2.52. The van der Waals surface area contributed by atoms with Crippen LogP contribution < -0.4 is 4.74 Å². The van der Waals surface area contributed by atoms with E-state index in [2.05, 4.69) is 0 Å². The van der Waals surface area contributed by atoms with E-state index in [0.29, 0.717) is 17.7 Å². The van der Waals surface area contributed by atoms with E-state index in [0.717, 1.165) is 0 Å². The standard InChI is InChI=1S/C24H34BFO6/c1-8-20(27)18(25-31-23(4,5)24(6,7)32-25)15-19(26)16(3)30-21-13-11-10-12-17(21)14-22(28)29-9-2/h10-13,15-16,27H,8-9,14H2,1-7H3/b19-15-,20-18-/t16-/m1/s1. The molecule has 0 aliphatic carbocycles. The smallest absolute Gasteiger partial charge is 0.498 e. The number of esters is 1. The fourth-order valence-corrected chi connectivity index (χ4v) is 3.11. The molecular weight excluding hydrogens is 414 g/mol. The molecule has 32 heavy (non-hydrogen) atoms. The molecule has 0 spiro atoms. The summed E-state index contributed by atoms with van der Waals surface area (Å²) in [4.78, 5) is 11.9. The third-order valence-corrected chi connectivity index (χ3v) is 5.77. The Morgan fingerprint density at radius 2 is 1.78 bits per heavy atom. The number of para-hydroxylation sites is 1. The third-order valence-electron chi connectivity index (χ3n) is 5.77. The fourth-order valence-electron chi connectivity index (χ4n) is 3.11. The molecule has 1 fully saturated rings. The van der Waals surface area contributed by atoms with Crippen LogP contribution in [-0.2, 0) is 25.3 Å². The summed E-state index contributed by atoms with van der Waals surface area (Å²) in [7, 11) is -0.908. The van der Waals surface area contributed by atoms with Gasteiger partial charge in [-0.05, 0) is 53.7 Å². The maximum atomic E-state index is 15.2. The molecule has 2 rings (SSSR count). The molecule has 0 amide bonds. The zero-order valence-corrected chi connectivity index (χ0v) is 20.0. The number of benzene rings is 1. The van der Waals surface area contributed by atoms with Crippen molar-refractivity contribution in [1.29, 1.82) is 0 Å². The Labute approximate surface area is 190 Å². The lowest BCUT2D eigenvalue weighted by Gasteiger charge is -2.32. The van der Waals surface area contributed by atoms with Crippen molar-refractivity contribution < 1.29 is 33.1 Å². The molecular formula is C24H34BFO6. The van der Waals surface area contributed by atoms with Crippen LogP contribution in [0.5, 0.6) is 5.75 Å². The second-order valence-electron chi connectivity index (χ2n) is 8.72. The number of rotatable bonds is 9. The number of ether oxygens (including phenoxy) is 2. The average Bonchev–Trinajstić information content (AvgIpc) is 2.93. The summed E-state index contributed by atoms with van der Waals surface area (Å²) in [5.41, 5.74) is -0.437. The van der Waals surface area contributed by atoms with Gasteiger partial charge in [0.1, 0.15) is 17.7 Å². The Kier molecular flexibility index (Phi) is 8.54. The summed E-state index contributed by atoms with van der Waals surface area (Å²) >= 11 is 0. The third kappa shape index (κ3) is 6.14. The van der Waals surface area contributed by atoms with E-state index < -0.39 is 30.3 Å². The molecule has 0 saturated carbocycles. The molecule has 0 aromatic heterocycles. The lowest BCUT2D eigenvalue weighted by Crippen LogP contribution is -2.41. The predicted octanol–water partition coefficient (Wildman–Crippen LogP) is 5.27. The Balaban J connectivity index is 2.25. The average molecular weight is 448 g/mol. The van der Waals surface area contributed by atoms with E-state index in [-0.39, 0.29) is 30.2 Å². The van der Waals surface area contributed by atoms with Gasteiger partial charge in [-0.15, -0.1) is 0 Å². The number of carbonyl (C=O) groups excluding carboxylic acids is 1. The Morgan fingerprint density at radius 3 is 2.34 bits per heavy atom. The first-order chi connectivity index (χ1) is 14.9. The van der Waals surface area contributed by atoms with Gasteiger partial charge in [0.2, 0.25) is 0 Å². The van der Waals surface area contributed by atoms with Crippen molar-refractivity contribution in [2.45, 2.75) is 78.6 Å². The van der Waals surface area contributed by atoms with Crippen LogP contribution in [-0.4, -0.2) is 42.1 Å². The minimum atomic E-state index is -0.972. The normalized spacial score (nSPS) is 19.4. The molecule has 6 nitrogen and oxygen atoms in total. The minimum absolute atomic E-state index is 0.0199. The van der Waals surface area contributed by atoms with Crippen LogP contribution in [0.15, 0.2) is 47.4 Å². The van der Waals surface area contributed by atoms with E-state index in [4.69, 9.17) is 18.8 Å². The van der Waals surface area contributed by atoms with Crippen LogP contribution in [0.1, 0.15) is 60.5 Å². The monoisotopic (exact) mass is 448 g/mol. The SMILES string of the molecule is CCOC(=O)Cc1ccccc1O[C@H](C)/C(F)=C/C(B1OC(C)(C)C(C)(C)O1)=C(/O)CC. The molecule has 0 bridgehead atoms. The van der Waals surface area contributed by atoms with Crippen molar-refractivity contribution in [3.8, 4) is 5.75 Å². The fraction of sp³-hybridized carbons (Fsp3) is 0.542. The molecule has 1 atom stereocenters. The van der Waals surface area contributed by atoms with Crippen molar-refractivity contribution in [3.05, 3.63) is 53.0 Å². The number of aliphatic hydroxyl groups is 1. The van der Waals surface area contributed by atoms with Crippen LogP contribution >= 0.6 is 0 Å². The van der Waals surface area contributed by atoms with Gasteiger partial charge in [-0.3, -0.25) is 4.79 Å². The van der Waals surface area contributed by atoms with E-state index in [1.54, 1.807) is 45.0 Å². The Hall–Kier alpha value is -2.32. The highest BCUT2D eigenvalue weighted by atomic mass is 19.1. The first kappa shape index (κ1) is 25.9. The summed E-state index contributed by atoms with van der Waals surface area (Å²) in [6.45, 7) is 12.9. The quantitative estimate of drug-likeness (QED) is 0.240. The van der Waals surface area contributed by atoms with Crippen molar-refractivity contribution in [3.63, 3.8) is 0 Å². The number of allylic oxidation sites excluding steroid dienone is 3. The van der Waals surface area contributed by atoms with Gasteiger partial charge in [-0.1, -0.05) is 25.1 Å². The topological polar surface area (TPSA) is 74.2 Å². The molecule has 0 radical (unpaired) electrons.